The number of hydrogen-bond donors (Lipinski definition) is 5. The van der Waals surface area contributed by atoms with E-state index in [1.54, 1.807) is 0 Å². The number of halogens is 1. The highest BCUT2D eigenvalue weighted by Crippen LogP contribution is 2.60. The molecule has 0 aromatic rings. The van der Waals surface area contributed by atoms with Gasteiger partial charge in [0.2, 0.25) is 0 Å². The largest absolute Gasteiger partial charge is 0.325 e. The number of alkyl halides is 1. The molecule has 0 heterocycles. The van der Waals surface area contributed by atoms with Crippen molar-refractivity contribution in [1.82, 2.24) is 0 Å². The Bertz CT molecular complexity index is 214. The molecule has 0 bridgehead atoms. The lowest BCUT2D eigenvalue weighted by atomic mass is 10.0. The smallest absolute Gasteiger partial charge is 0.0768 e. The van der Waals surface area contributed by atoms with Gasteiger partial charge in [0, 0.05) is 24.2 Å². The highest BCUT2D eigenvalue weighted by Gasteiger charge is 2.83. The van der Waals surface area contributed by atoms with Crippen LogP contribution in [0.4, 0.5) is 0 Å². The van der Waals surface area contributed by atoms with E-state index in [1.165, 1.54) is 0 Å². The molecule has 0 aromatic carbocycles. The highest BCUT2D eigenvalue weighted by atomic mass is 127. The first-order valence-corrected chi connectivity index (χ1v) is 4.96. The maximum absolute atomic E-state index is 6.04. The summed E-state index contributed by atoms with van der Waals surface area (Å²) in [5, 5.41) is 0. The molecule has 0 radical (unpaired) electrons. The van der Waals surface area contributed by atoms with Crippen LogP contribution in [0.2, 0.25) is 0 Å². The van der Waals surface area contributed by atoms with Gasteiger partial charge in [0.05, 0.1) is 8.96 Å². The van der Waals surface area contributed by atoms with Crippen molar-refractivity contribution in [3.05, 3.63) is 0 Å². The van der Waals surface area contributed by atoms with E-state index in [4.69, 9.17) is 28.7 Å². The Balaban J connectivity index is 2.39. The van der Waals surface area contributed by atoms with Crippen molar-refractivity contribution in [3.63, 3.8) is 0 Å². The molecule has 0 saturated heterocycles. The molecule has 5 nitrogen and oxygen atoms in total. The summed E-state index contributed by atoms with van der Waals surface area (Å²) in [5.74, 6) is 0. The van der Waals surface area contributed by atoms with Crippen LogP contribution in [0.25, 0.3) is 0 Å². The summed E-state index contributed by atoms with van der Waals surface area (Å²) in [6, 6.07) is -0.811. The van der Waals surface area contributed by atoms with Crippen molar-refractivity contribution in [3.8, 4) is 0 Å². The van der Waals surface area contributed by atoms with Crippen LogP contribution in [0.15, 0.2) is 0 Å². The van der Waals surface area contributed by atoms with Crippen LogP contribution in [-0.2, 0) is 0 Å². The minimum atomic E-state index is -0.549. The first-order chi connectivity index (χ1) is 5.38. The Morgan fingerprint density at radius 2 is 1.50 bits per heavy atom. The van der Waals surface area contributed by atoms with Gasteiger partial charge < -0.3 is 28.7 Å². The van der Waals surface area contributed by atoms with E-state index in [9.17, 15) is 0 Å². The lowest BCUT2D eigenvalue weighted by Gasteiger charge is -2.23. The summed E-state index contributed by atoms with van der Waals surface area (Å²) >= 11 is 2.20. The minimum Gasteiger partial charge on any atom is -0.325 e. The molecule has 0 amide bonds. The lowest BCUT2D eigenvalue weighted by molar-refractivity contribution is 0.442. The third-order valence-corrected chi connectivity index (χ3v) is 5.74. The summed E-state index contributed by atoms with van der Waals surface area (Å²) in [6.45, 7) is 0. The van der Waals surface area contributed by atoms with Crippen molar-refractivity contribution < 1.29 is 0 Å². The van der Waals surface area contributed by atoms with Crippen LogP contribution in [0.1, 0.15) is 0 Å². The van der Waals surface area contributed by atoms with E-state index in [0.29, 0.717) is 0 Å². The second-order valence-corrected chi connectivity index (χ2v) is 5.59. The molecular weight excluding hydrogens is 269 g/mol. The van der Waals surface area contributed by atoms with Gasteiger partial charge in [-0.15, -0.1) is 0 Å². The highest BCUT2D eigenvalue weighted by molar-refractivity contribution is 14.1. The summed E-state index contributed by atoms with van der Waals surface area (Å²) in [5.41, 5.74) is 28.8. The van der Waals surface area contributed by atoms with Crippen molar-refractivity contribution in [2.75, 3.05) is 0 Å². The summed E-state index contributed by atoms with van der Waals surface area (Å²) < 4.78 is -0.288. The average Bonchev–Trinajstić information content (AvgIpc) is 2.45. The summed E-state index contributed by atoms with van der Waals surface area (Å²) in [6.07, 6.45) is 0. The molecule has 10 N–H and O–H groups in total. The zero-order valence-electron chi connectivity index (χ0n) is 6.57. The van der Waals surface area contributed by atoms with E-state index in [2.05, 4.69) is 22.6 Å². The Kier molecular flexibility index (Phi) is 1.61. The standard InChI is InChI=1S/C6H14IN5/c7-5-2(9)1(8)3(10)6(5,12)4(5)11/h1-4H,8-12H2. The summed E-state index contributed by atoms with van der Waals surface area (Å²) in [7, 11) is 0. The first-order valence-electron chi connectivity index (χ1n) is 3.88. The normalized spacial score (nSPS) is 69.5. The zero-order valence-corrected chi connectivity index (χ0v) is 8.73. The monoisotopic (exact) mass is 283 g/mol. The number of nitrogens with two attached hydrogens (primary N) is 5. The number of fused-ring (bicyclic) bond motifs is 1. The fourth-order valence-corrected chi connectivity index (χ4v) is 3.79. The average molecular weight is 283 g/mol. The molecule has 2 aliphatic carbocycles. The van der Waals surface area contributed by atoms with Crippen LogP contribution in [-0.4, -0.2) is 33.1 Å². The van der Waals surface area contributed by atoms with Gasteiger partial charge in [-0.1, -0.05) is 22.6 Å². The third kappa shape index (κ3) is 0.612. The predicted octanol–water partition coefficient (Wildman–Crippen LogP) is -2.81. The fourth-order valence-electron chi connectivity index (χ4n) is 2.32. The van der Waals surface area contributed by atoms with Gasteiger partial charge in [0.15, 0.2) is 0 Å². The second kappa shape index (κ2) is 2.12. The predicted molar refractivity (Wildman–Crippen MR) is 55.6 cm³/mol. The van der Waals surface area contributed by atoms with Crippen molar-refractivity contribution in [2.45, 2.75) is 33.1 Å². The molecule has 0 aliphatic heterocycles. The van der Waals surface area contributed by atoms with Crippen molar-refractivity contribution >= 4 is 22.6 Å². The van der Waals surface area contributed by atoms with Crippen LogP contribution in [0.5, 0.6) is 0 Å². The van der Waals surface area contributed by atoms with Crippen LogP contribution in [0.3, 0.4) is 0 Å². The molecule has 2 saturated carbocycles. The first kappa shape index (κ1) is 9.10. The fraction of sp³-hybridized carbons (Fsp3) is 1.00. The van der Waals surface area contributed by atoms with Gasteiger partial charge >= 0.3 is 0 Å². The van der Waals surface area contributed by atoms with E-state index in [0.717, 1.165) is 0 Å². The van der Waals surface area contributed by atoms with Crippen molar-refractivity contribution in [1.29, 1.82) is 0 Å². The third-order valence-electron chi connectivity index (χ3n) is 3.41. The van der Waals surface area contributed by atoms with Crippen LogP contribution >= 0.6 is 22.6 Å². The lowest BCUT2D eigenvalue weighted by Crippen LogP contribution is -2.58. The molecular formula is C6H14IN5. The van der Waals surface area contributed by atoms with E-state index >= 15 is 0 Å². The second-order valence-electron chi connectivity index (χ2n) is 3.81. The molecule has 0 spiro atoms. The van der Waals surface area contributed by atoms with Gasteiger partial charge in [-0.05, 0) is 0 Å². The van der Waals surface area contributed by atoms with Gasteiger partial charge in [0.1, 0.15) is 0 Å². The Morgan fingerprint density at radius 3 is 1.75 bits per heavy atom. The van der Waals surface area contributed by atoms with Gasteiger partial charge in [-0.25, -0.2) is 0 Å². The van der Waals surface area contributed by atoms with Crippen molar-refractivity contribution in [2.24, 2.45) is 28.7 Å². The SMILES string of the molecule is NC1C(N)C2(N)C(N)C2(I)C1N. The quantitative estimate of drug-likeness (QED) is 0.242. The van der Waals surface area contributed by atoms with E-state index < -0.39 is 5.54 Å². The Hall–Kier alpha value is 0.530. The Morgan fingerprint density at radius 1 is 1.00 bits per heavy atom. The minimum absolute atomic E-state index is 0.115. The molecule has 6 atom stereocenters. The molecule has 70 valence electrons. The van der Waals surface area contributed by atoms with Crippen LogP contribution in [0, 0.1) is 0 Å². The van der Waals surface area contributed by atoms with Gasteiger partial charge in [-0.2, -0.15) is 0 Å². The molecule has 2 aliphatic rings. The van der Waals surface area contributed by atoms with E-state index in [-0.39, 0.29) is 27.6 Å². The summed E-state index contributed by atoms with van der Waals surface area (Å²) in [4.78, 5) is 0. The molecule has 6 heteroatoms. The molecule has 2 fully saturated rings. The molecule has 6 unspecified atom stereocenters. The zero-order chi connectivity index (χ0) is 9.31. The maximum atomic E-state index is 6.04. The molecule has 12 heavy (non-hydrogen) atoms. The van der Waals surface area contributed by atoms with Gasteiger partial charge in [-0.3, -0.25) is 0 Å². The van der Waals surface area contributed by atoms with E-state index in [1.807, 2.05) is 0 Å². The Labute approximate surface area is 84.5 Å². The van der Waals surface area contributed by atoms with Gasteiger partial charge in [0.25, 0.3) is 0 Å². The maximum Gasteiger partial charge on any atom is 0.0768 e. The van der Waals surface area contributed by atoms with Crippen LogP contribution < -0.4 is 28.7 Å². The molecule has 2 rings (SSSR count). The number of hydrogen-bond acceptors (Lipinski definition) is 5. The molecule has 0 aromatic heterocycles. The topological polar surface area (TPSA) is 130 Å². The number of rotatable bonds is 0.